The Balaban J connectivity index is 2.58. The van der Waals surface area contributed by atoms with Crippen LogP contribution in [0.25, 0.3) is 0 Å². The molecule has 2 N–H and O–H groups in total. The quantitative estimate of drug-likeness (QED) is 0.729. The van der Waals surface area contributed by atoms with Gasteiger partial charge in [0.15, 0.2) is 0 Å². The van der Waals surface area contributed by atoms with Crippen LogP contribution < -0.4 is 5.32 Å². The van der Waals surface area contributed by atoms with Gasteiger partial charge in [-0.05, 0) is 26.8 Å². The molecule has 1 aliphatic heterocycles. The summed E-state index contributed by atoms with van der Waals surface area (Å²) in [6.45, 7) is 7.94. The van der Waals surface area contributed by atoms with Crippen molar-refractivity contribution in [2.75, 3.05) is 31.1 Å². The molecule has 1 rings (SSSR count). The van der Waals surface area contributed by atoms with Crippen molar-refractivity contribution in [1.82, 2.24) is 10.2 Å². The molecule has 1 saturated heterocycles. The maximum Gasteiger partial charge on any atom is 0.323 e. The van der Waals surface area contributed by atoms with Crippen molar-refractivity contribution >= 4 is 16.8 Å². The summed E-state index contributed by atoms with van der Waals surface area (Å²) in [5.74, 6) is 0.599. The highest BCUT2D eigenvalue weighted by Gasteiger charge is 2.35. The standard InChI is InChI=1S/C12H24N2O3S/c1-4-13-12(3,11(15)16)9-10(2)14-5-7-18(17)8-6-14/h10,13H,4-9H2,1-3H3,(H,15,16). The zero-order chi connectivity index (χ0) is 13.8. The predicted molar refractivity (Wildman–Crippen MR) is 73.2 cm³/mol. The highest BCUT2D eigenvalue weighted by Crippen LogP contribution is 2.18. The normalized spacial score (nSPS) is 23.5. The van der Waals surface area contributed by atoms with E-state index in [0.29, 0.717) is 24.5 Å². The third kappa shape index (κ3) is 4.03. The van der Waals surface area contributed by atoms with Crippen molar-refractivity contribution in [2.45, 2.75) is 38.8 Å². The molecule has 0 aromatic carbocycles. The molecule has 0 saturated carbocycles. The zero-order valence-electron chi connectivity index (χ0n) is 11.4. The number of hydrogen-bond acceptors (Lipinski definition) is 4. The second-order valence-electron chi connectivity index (χ2n) is 5.10. The van der Waals surface area contributed by atoms with E-state index in [0.717, 1.165) is 13.1 Å². The first-order valence-electron chi connectivity index (χ1n) is 6.46. The summed E-state index contributed by atoms with van der Waals surface area (Å²) in [7, 11) is -0.686. The van der Waals surface area contributed by atoms with Crippen molar-refractivity contribution < 1.29 is 14.1 Å². The van der Waals surface area contributed by atoms with E-state index < -0.39 is 22.3 Å². The number of hydrogen-bond donors (Lipinski definition) is 2. The highest BCUT2D eigenvalue weighted by atomic mass is 32.2. The Kier molecular flexibility index (Phi) is 5.75. The number of carboxylic acids is 1. The maximum atomic E-state index is 11.4. The van der Waals surface area contributed by atoms with Crippen molar-refractivity contribution in [2.24, 2.45) is 0 Å². The number of aliphatic carboxylic acids is 1. The summed E-state index contributed by atoms with van der Waals surface area (Å²) in [5.41, 5.74) is -0.884. The largest absolute Gasteiger partial charge is 0.480 e. The minimum Gasteiger partial charge on any atom is -0.480 e. The third-order valence-electron chi connectivity index (χ3n) is 3.58. The fourth-order valence-corrected chi connectivity index (χ4v) is 3.52. The lowest BCUT2D eigenvalue weighted by Crippen LogP contribution is -2.54. The van der Waals surface area contributed by atoms with Crippen LogP contribution in [-0.2, 0) is 15.6 Å². The summed E-state index contributed by atoms with van der Waals surface area (Å²) >= 11 is 0. The monoisotopic (exact) mass is 276 g/mol. The van der Waals surface area contributed by atoms with E-state index in [-0.39, 0.29) is 6.04 Å². The molecule has 0 radical (unpaired) electrons. The van der Waals surface area contributed by atoms with Crippen LogP contribution in [0.2, 0.25) is 0 Å². The molecule has 2 unspecified atom stereocenters. The van der Waals surface area contributed by atoms with E-state index in [1.165, 1.54) is 0 Å². The van der Waals surface area contributed by atoms with Crippen LogP contribution in [0.4, 0.5) is 0 Å². The molecule has 0 aliphatic carbocycles. The molecule has 1 heterocycles. The topological polar surface area (TPSA) is 69.6 Å². The van der Waals surface area contributed by atoms with Crippen LogP contribution in [0.3, 0.4) is 0 Å². The molecular formula is C12H24N2O3S. The van der Waals surface area contributed by atoms with Gasteiger partial charge in [0.1, 0.15) is 5.54 Å². The van der Waals surface area contributed by atoms with Crippen LogP contribution in [0.1, 0.15) is 27.2 Å². The fourth-order valence-electron chi connectivity index (χ4n) is 2.44. The Hall–Kier alpha value is -0.460. The lowest BCUT2D eigenvalue weighted by molar-refractivity contribution is -0.145. The van der Waals surface area contributed by atoms with Gasteiger partial charge in [-0.25, -0.2) is 0 Å². The summed E-state index contributed by atoms with van der Waals surface area (Å²) in [6.07, 6.45) is 0.558. The molecule has 0 spiro atoms. The number of carbonyl (C=O) groups is 1. The summed E-state index contributed by atoms with van der Waals surface area (Å²) in [6, 6.07) is 0.183. The van der Waals surface area contributed by atoms with Gasteiger partial charge < -0.3 is 10.4 Å². The molecule has 1 aliphatic rings. The van der Waals surface area contributed by atoms with Gasteiger partial charge in [-0.15, -0.1) is 0 Å². The van der Waals surface area contributed by atoms with E-state index in [2.05, 4.69) is 10.2 Å². The molecule has 18 heavy (non-hydrogen) atoms. The van der Waals surface area contributed by atoms with Crippen LogP contribution in [0.5, 0.6) is 0 Å². The molecule has 6 heteroatoms. The zero-order valence-corrected chi connectivity index (χ0v) is 12.3. The average Bonchev–Trinajstić information content (AvgIpc) is 2.29. The Morgan fingerprint density at radius 3 is 2.50 bits per heavy atom. The van der Waals surface area contributed by atoms with Crippen LogP contribution in [0.15, 0.2) is 0 Å². The lowest BCUT2D eigenvalue weighted by atomic mass is 9.93. The van der Waals surface area contributed by atoms with E-state index in [9.17, 15) is 14.1 Å². The van der Waals surface area contributed by atoms with Gasteiger partial charge in [0.2, 0.25) is 0 Å². The van der Waals surface area contributed by atoms with Crippen molar-refractivity contribution in [3.05, 3.63) is 0 Å². The van der Waals surface area contributed by atoms with Gasteiger partial charge in [-0.2, -0.15) is 0 Å². The van der Waals surface area contributed by atoms with Crippen molar-refractivity contribution in [3.8, 4) is 0 Å². The van der Waals surface area contributed by atoms with E-state index in [1.54, 1.807) is 6.92 Å². The predicted octanol–water partition coefficient (Wildman–Crippen LogP) is 0.282. The molecule has 0 aromatic heterocycles. The number of carboxylic acid groups (broad SMARTS) is 1. The smallest absolute Gasteiger partial charge is 0.323 e. The highest BCUT2D eigenvalue weighted by molar-refractivity contribution is 7.85. The number of nitrogens with zero attached hydrogens (tertiary/aromatic N) is 1. The lowest BCUT2D eigenvalue weighted by Gasteiger charge is -2.36. The Morgan fingerprint density at radius 1 is 1.50 bits per heavy atom. The van der Waals surface area contributed by atoms with Gasteiger partial charge in [0.25, 0.3) is 0 Å². The van der Waals surface area contributed by atoms with Gasteiger partial charge in [0, 0.05) is 41.4 Å². The first-order valence-corrected chi connectivity index (χ1v) is 7.95. The minimum absolute atomic E-state index is 0.183. The molecule has 0 bridgehead atoms. The molecule has 1 fully saturated rings. The van der Waals surface area contributed by atoms with Crippen molar-refractivity contribution in [1.29, 1.82) is 0 Å². The number of rotatable bonds is 6. The number of nitrogens with one attached hydrogen (secondary N) is 1. The summed E-state index contributed by atoms with van der Waals surface area (Å²) < 4.78 is 11.3. The van der Waals surface area contributed by atoms with Gasteiger partial charge in [-0.1, -0.05) is 6.92 Å². The Bertz CT molecular complexity index is 314. The first kappa shape index (κ1) is 15.6. The second-order valence-corrected chi connectivity index (χ2v) is 6.80. The van der Waals surface area contributed by atoms with Gasteiger partial charge >= 0.3 is 5.97 Å². The Morgan fingerprint density at radius 2 is 2.06 bits per heavy atom. The maximum absolute atomic E-state index is 11.4. The molecule has 5 nitrogen and oxygen atoms in total. The first-order chi connectivity index (χ1) is 8.39. The molecule has 106 valence electrons. The van der Waals surface area contributed by atoms with Crippen LogP contribution in [-0.4, -0.2) is 62.9 Å². The Labute approximate surface area is 111 Å². The molecule has 0 aromatic rings. The number of likely N-dealkylation sites (N-methyl/N-ethyl adjacent to an activating group) is 1. The van der Waals surface area contributed by atoms with Crippen LogP contribution in [0, 0.1) is 0 Å². The average molecular weight is 276 g/mol. The van der Waals surface area contributed by atoms with Crippen molar-refractivity contribution in [3.63, 3.8) is 0 Å². The second kappa shape index (κ2) is 6.63. The van der Waals surface area contributed by atoms with Gasteiger partial charge in [-0.3, -0.25) is 13.9 Å². The summed E-state index contributed by atoms with van der Waals surface area (Å²) in [5, 5.41) is 12.4. The van der Waals surface area contributed by atoms with E-state index in [1.807, 2.05) is 13.8 Å². The van der Waals surface area contributed by atoms with Gasteiger partial charge in [0.05, 0.1) is 0 Å². The van der Waals surface area contributed by atoms with E-state index in [4.69, 9.17) is 0 Å². The fraction of sp³-hybridized carbons (Fsp3) is 0.917. The SMILES string of the molecule is CCNC(C)(CC(C)N1CCS(=O)CC1)C(=O)O. The minimum atomic E-state index is -0.884. The summed E-state index contributed by atoms with van der Waals surface area (Å²) in [4.78, 5) is 13.6. The van der Waals surface area contributed by atoms with Crippen LogP contribution >= 0.6 is 0 Å². The van der Waals surface area contributed by atoms with E-state index >= 15 is 0 Å². The molecule has 2 atom stereocenters. The third-order valence-corrected chi connectivity index (χ3v) is 4.85. The molecule has 0 amide bonds. The molecular weight excluding hydrogens is 252 g/mol.